The predicted octanol–water partition coefficient (Wildman–Crippen LogP) is 2.97. The van der Waals surface area contributed by atoms with Crippen LogP contribution in [0, 0.1) is 0 Å². The quantitative estimate of drug-likeness (QED) is 0.749. The van der Waals surface area contributed by atoms with Crippen LogP contribution in [0.15, 0.2) is 48.8 Å². The van der Waals surface area contributed by atoms with E-state index >= 15 is 0 Å². The van der Waals surface area contributed by atoms with E-state index in [0.717, 1.165) is 16.9 Å². The van der Waals surface area contributed by atoms with Crippen LogP contribution in [0.1, 0.15) is 10.4 Å². The monoisotopic (exact) mass is 325 g/mol. The fourth-order valence-electron chi connectivity index (χ4n) is 2.33. The summed E-state index contributed by atoms with van der Waals surface area (Å²) >= 11 is 0. The molecule has 0 saturated carbocycles. The number of carbonyl (C=O) groups excluding carboxylic acids is 2. The number of esters is 1. The number of carbonyl (C=O) groups is 2. The Hall–Kier alpha value is -3.35. The fourth-order valence-corrected chi connectivity index (χ4v) is 2.33. The summed E-state index contributed by atoms with van der Waals surface area (Å²) in [5.41, 5.74) is 3.48. The predicted molar refractivity (Wildman–Crippen MR) is 88.0 cm³/mol. The number of imidazole rings is 1. The van der Waals surface area contributed by atoms with Crippen molar-refractivity contribution >= 4 is 23.4 Å². The molecule has 0 fully saturated rings. The molecule has 1 N–H and O–H groups in total. The highest BCUT2D eigenvalue weighted by molar-refractivity contribution is 5.89. The number of rotatable bonds is 3. The van der Waals surface area contributed by atoms with Crippen LogP contribution >= 0.6 is 0 Å². The summed E-state index contributed by atoms with van der Waals surface area (Å²) in [5.74, 6) is -0.408. The lowest BCUT2D eigenvalue weighted by Gasteiger charge is -2.06. The van der Waals surface area contributed by atoms with Gasteiger partial charge in [0.15, 0.2) is 0 Å². The molecule has 24 heavy (non-hydrogen) atoms. The number of fused-ring (bicyclic) bond motifs is 1. The van der Waals surface area contributed by atoms with Gasteiger partial charge in [0.2, 0.25) is 0 Å². The molecule has 3 rings (SSSR count). The SMILES string of the molecule is COC(=O)Nc1ccc(-c2cnc3ccc(C(=O)OC)cn23)cc1. The zero-order chi connectivity index (χ0) is 17.1. The normalized spacial score (nSPS) is 10.4. The molecule has 0 aliphatic heterocycles. The van der Waals surface area contributed by atoms with Crippen molar-refractivity contribution in [3.05, 3.63) is 54.4 Å². The van der Waals surface area contributed by atoms with Crippen LogP contribution in [0.3, 0.4) is 0 Å². The van der Waals surface area contributed by atoms with E-state index in [0.29, 0.717) is 11.3 Å². The average Bonchev–Trinajstić information content (AvgIpc) is 3.04. The molecule has 0 aliphatic rings. The van der Waals surface area contributed by atoms with Crippen LogP contribution in [0.25, 0.3) is 16.9 Å². The van der Waals surface area contributed by atoms with Crippen LogP contribution in [-0.4, -0.2) is 35.7 Å². The van der Waals surface area contributed by atoms with E-state index in [1.54, 1.807) is 36.7 Å². The topological polar surface area (TPSA) is 81.9 Å². The third-order valence-electron chi connectivity index (χ3n) is 3.54. The molecule has 0 spiro atoms. The second-order valence-electron chi connectivity index (χ2n) is 4.97. The van der Waals surface area contributed by atoms with Crippen molar-refractivity contribution in [2.24, 2.45) is 0 Å². The van der Waals surface area contributed by atoms with E-state index in [1.165, 1.54) is 14.2 Å². The summed E-state index contributed by atoms with van der Waals surface area (Å²) in [7, 11) is 2.65. The standard InChI is InChI=1S/C17H15N3O4/c1-23-16(21)12-5-8-15-18-9-14(20(15)10-12)11-3-6-13(7-4-11)19-17(22)24-2/h3-10H,1-2H3,(H,19,22). The van der Waals surface area contributed by atoms with Gasteiger partial charge in [-0.05, 0) is 24.3 Å². The minimum absolute atomic E-state index is 0.408. The number of ether oxygens (including phenoxy) is 2. The molecule has 122 valence electrons. The molecule has 7 nitrogen and oxygen atoms in total. The summed E-state index contributed by atoms with van der Waals surface area (Å²) in [4.78, 5) is 27.2. The number of pyridine rings is 1. The van der Waals surface area contributed by atoms with Gasteiger partial charge >= 0.3 is 12.1 Å². The van der Waals surface area contributed by atoms with Gasteiger partial charge in [-0.1, -0.05) is 12.1 Å². The van der Waals surface area contributed by atoms with Crippen LogP contribution < -0.4 is 5.32 Å². The number of hydrogen-bond acceptors (Lipinski definition) is 5. The van der Waals surface area contributed by atoms with E-state index in [2.05, 4.69) is 15.0 Å². The Bertz CT molecular complexity index is 900. The average molecular weight is 325 g/mol. The van der Waals surface area contributed by atoms with Gasteiger partial charge in [-0.15, -0.1) is 0 Å². The van der Waals surface area contributed by atoms with Crippen LogP contribution in [0.2, 0.25) is 0 Å². The van der Waals surface area contributed by atoms with E-state index < -0.39 is 12.1 Å². The van der Waals surface area contributed by atoms with Crippen molar-refractivity contribution in [2.75, 3.05) is 19.5 Å². The van der Waals surface area contributed by atoms with Gasteiger partial charge in [0.05, 0.1) is 31.7 Å². The zero-order valence-corrected chi connectivity index (χ0v) is 13.1. The number of aromatic nitrogens is 2. The zero-order valence-electron chi connectivity index (χ0n) is 13.1. The minimum atomic E-state index is -0.528. The van der Waals surface area contributed by atoms with Gasteiger partial charge in [-0.2, -0.15) is 0 Å². The molecule has 2 heterocycles. The van der Waals surface area contributed by atoms with Crippen LogP contribution in [0.5, 0.6) is 0 Å². The maximum atomic E-state index is 11.7. The van der Waals surface area contributed by atoms with Gasteiger partial charge in [-0.25, -0.2) is 14.6 Å². The first-order valence-electron chi connectivity index (χ1n) is 7.13. The second-order valence-corrected chi connectivity index (χ2v) is 4.97. The third kappa shape index (κ3) is 2.91. The van der Waals surface area contributed by atoms with Crippen molar-refractivity contribution in [2.45, 2.75) is 0 Å². The Morgan fingerprint density at radius 3 is 2.46 bits per heavy atom. The van der Waals surface area contributed by atoms with E-state index in [4.69, 9.17) is 4.74 Å². The molecular formula is C17H15N3O4. The first-order chi connectivity index (χ1) is 11.6. The largest absolute Gasteiger partial charge is 0.465 e. The molecule has 0 unspecified atom stereocenters. The second kappa shape index (κ2) is 6.41. The first kappa shape index (κ1) is 15.5. The number of methoxy groups -OCH3 is 2. The van der Waals surface area contributed by atoms with Crippen molar-refractivity contribution < 1.29 is 19.1 Å². The van der Waals surface area contributed by atoms with Gasteiger partial charge in [0, 0.05) is 17.4 Å². The Labute approximate surface area is 137 Å². The molecule has 0 atom stereocenters. The number of nitrogens with zero attached hydrogens (tertiary/aromatic N) is 2. The van der Waals surface area contributed by atoms with Crippen molar-refractivity contribution in [3.63, 3.8) is 0 Å². The highest BCUT2D eigenvalue weighted by atomic mass is 16.5. The first-order valence-corrected chi connectivity index (χ1v) is 7.13. The van der Waals surface area contributed by atoms with Crippen molar-refractivity contribution in [3.8, 4) is 11.3 Å². The van der Waals surface area contributed by atoms with Crippen LogP contribution in [0.4, 0.5) is 10.5 Å². The number of hydrogen-bond donors (Lipinski definition) is 1. The summed E-state index contributed by atoms with van der Waals surface area (Å²) in [5, 5.41) is 2.59. The minimum Gasteiger partial charge on any atom is -0.465 e. The van der Waals surface area contributed by atoms with Crippen LogP contribution in [-0.2, 0) is 9.47 Å². The highest BCUT2D eigenvalue weighted by Crippen LogP contribution is 2.23. The lowest BCUT2D eigenvalue weighted by atomic mass is 10.1. The summed E-state index contributed by atoms with van der Waals surface area (Å²) in [6.45, 7) is 0. The Balaban J connectivity index is 1.96. The molecule has 0 bridgehead atoms. The Kier molecular flexibility index (Phi) is 4.15. The van der Waals surface area contributed by atoms with E-state index in [1.807, 2.05) is 16.5 Å². The number of amides is 1. The maximum Gasteiger partial charge on any atom is 0.411 e. The molecular weight excluding hydrogens is 310 g/mol. The van der Waals surface area contributed by atoms with Gasteiger partial charge in [-0.3, -0.25) is 9.72 Å². The Morgan fingerprint density at radius 2 is 1.79 bits per heavy atom. The third-order valence-corrected chi connectivity index (χ3v) is 3.54. The smallest absolute Gasteiger partial charge is 0.411 e. The van der Waals surface area contributed by atoms with Crippen molar-refractivity contribution in [1.29, 1.82) is 0 Å². The molecule has 3 aromatic rings. The number of anilines is 1. The summed E-state index contributed by atoms with van der Waals surface area (Å²) < 4.78 is 11.1. The lowest BCUT2D eigenvalue weighted by molar-refractivity contribution is 0.0600. The molecule has 0 aliphatic carbocycles. The maximum absolute atomic E-state index is 11.7. The molecule has 0 radical (unpaired) electrons. The summed E-state index contributed by atoms with van der Waals surface area (Å²) in [6, 6.07) is 10.6. The Morgan fingerprint density at radius 1 is 1.04 bits per heavy atom. The number of nitrogens with one attached hydrogen (secondary N) is 1. The molecule has 1 aromatic carbocycles. The molecule has 0 saturated heterocycles. The molecule has 1 amide bonds. The molecule has 2 aromatic heterocycles. The van der Waals surface area contributed by atoms with Gasteiger partial charge in [0.25, 0.3) is 0 Å². The highest BCUT2D eigenvalue weighted by Gasteiger charge is 2.11. The fraction of sp³-hybridized carbons (Fsp3) is 0.118. The van der Waals surface area contributed by atoms with Gasteiger partial charge < -0.3 is 9.47 Å². The van der Waals surface area contributed by atoms with E-state index in [-0.39, 0.29) is 0 Å². The lowest BCUT2D eigenvalue weighted by Crippen LogP contribution is -2.10. The van der Waals surface area contributed by atoms with Crippen molar-refractivity contribution in [1.82, 2.24) is 9.38 Å². The molecule has 7 heteroatoms. The van der Waals surface area contributed by atoms with E-state index in [9.17, 15) is 9.59 Å². The number of benzene rings is 1. The van der Waals surface area contributed by atoms with Gasteiger partial charge in [0.1, 0.15) is 5.65 Å². The summed E-state index contributed by atoms with van der Waals surface area (Å²) in [6.07, 6.45) is 2.88.